The highest BCUT2D eigenvalue weighted by atomic mass is 32.2. The maximum absolute atomic E-state index is 11.1. The van der Waals surface area contributed by atoms with Gasteiger partial charge in [-0.3, -0.25) is 4.31 Å². The Labute approximate surface area is 84.9 Å². The van der Waals surface area contributed by atoms with E-state index >= 15 is 0 Å². The zero-order valence-corrected chi connectivity index (χ0v) is 9.09. The van der Waals surface area contributed by atoms with Gasteiger partial charge in [-0.2, -0.15) is 0 Å². The highest BCUT2D eigenvalue weighted by molar-refractivity contribution is 7.92. The molecule has 8 heteroatoms. The molecular formula is C6H8N2O4S2. The summed E-state index contributed by atoms with van der Waals surface area (Å²) < 4.78 is 23.0. The third kappa shape index (κ3) is 2.02. The number of thiazole rings is 1. The van der Waals surface area contributed by atoms with Crippen LogP contribution in [0.3, 0.4) is 0 Å². The van der Waals surface area contributed by atoms with Crippen LogP contribution in [-0.2, 0) is 10.0 Å². The van der Waals surface area contributed by atoms with E-state index in [0.29, 0.717) is 0 Å². The van der Waals surface area contributed by atoms with Crippen molar-refractivity contribution in [3.05, 3.63) is 10.4 Å². The minimum Gasteiger partial charge on any atom is -0.477 e. The number of hydrogen-bond acceptors (Lipinski definition) is 5. The molecule has 0 aliphatic carbocycles. The lowest BCUT2D eigenvalue weighted by molar-refractivity contribution is 0.0703. The first-order chi connectivity index (χ1) is 6.34. The molecule has 0 amide bonds. The monoisotopic (exact) mass is 236 g/mol. The number of aromatic carboxylic acids is 1. The fourth-order valence-corrected chi connectivity index (χ4v) is 1.93. The van der Waals surface area contributed by atoms with Crippen LogP contribution in [0.25, 0.3) is 0 Å². The van der Waals surface area contributed by atoms with Gasteiger partial charge in [0.2, 0.25) is 10.0 Å². The van der Waals surface area contributed by atoms with Crippen LogP contribution in [0.4, 0.5) is 5.82 Å². The van der Waals surface area contributed by atoms with Gasteiger partial charge in [0.15, 0.2) is 10.7 Å². The van der Waals surface area contributed by atoms with Crippen molar-refractivity contribution >= 4 is 33.1 Å². The van der Waals surface area contributed by atoms with Crippen LogP contribution in [0.5, 0.6) is 0 Å². The second kappa shape index (κ2) is 3.54. The van der Waals surface area contributed by atoms with Crippen molar-refractivity contribution in [2.24, 2.45) is 0 Å². The van der Waals surface area contributed by atoms with Crippen LogP contribution in [0.2, 0.25) is 0 Å². The topological polar surface area (TPSA) is 87.6 Å². The first-order valence-corrected chi connectivity index (χ1v) is 6.17. The predicted octanol–water partition coefficient (Wildman–Crippen LogP) is 0.237. The summed E-state index contributed by atoms with van der Waals surface area (Å²) in [5.41, 5.74) is 1.29. The molecule has 0 aliphatic heterocycles. The number of nitrogens with zero attached hydrogens (tertiary/aromatic N) is 2. The first-order valence-electron chi connectivity index (χ1n) is 3.44. The van der Waals surface area contributed by atoms with Gasteiger partial charge >= 0.3 is 5.97 Å². The average Bonchev–Trinajstić information content (AvgIpc) is 2.48. The van der Waals surface area contributed by atoms with Gasteiger partial charge in [0.25, 0.3) is 0 Å². The summed E-state index contributed by atoms with van der Waals surface area (Å²) in [5, 5.41) is 8.72. The highest BCUT2D eigenvalue weighted by Gasteiger charge is 2.22. The fraction of sp³-hybridized carbons (Fsp3) is 0.333. The van der Waals surface area contributed by atoms with E-state index in [0.717, 1.165) is 21.9 Å². The predicted molar refractivity (Wildman–Crippen MR) is 52.3 cm³/mol. The van der Waals surface area contributed by atoms with Gasteiger partial charge in [-0.05, 0) is 0 Å². The molecule has 6 nitrogen and oxygen atoms in total. The molecular weight excluding hydrogens is 228 g/mol. The van der Waals surface area contributed by atoms with Gasteiger partial charge in [-0.25, -0.2) is 18.2 Å². The molecule has 1 aromatic rings. The molecule has 0 bridgehead atoms. The lowest BCUT2D eigenvalue weighted by Crippen LogP contribution is -2.26. The van der Waals surface area contributed by atoms with E-state index in [1.54, 1.807) is 0 Å². The maximum atomic E-state index is 11.1. The van der Waals surface area contributed by atoms with E-state index in [4.69, 9.17) is 5.11 Å². The van der Waals surface area contributed by atoms with Crippen molar-refractivity contribution in [2.75, 3.05) is 17.6 Å². The number of sulfonamides is 1. The Kier molecular flexibility index (Phi) is 2.76. The zero-order chi connectivity index (χ0) is 10.9. The molecule has 14 heavy (non-hydrogen) atoms. The van der Waals surface area contributed by atoms with Crippen molar-refractivity contribution in [2.45, 2.75) is 0 Å². The summed E-state index contributed by atoms with van der Waals surface area (Å²) in [4.78, 5) is 14.3. The number of carboxylic acids is 1. The van der Waals surface area contributed by atoms with E-state index in [1.165, 1.54) is 12.6 Å². The normalized spacial score (nSPS) is 11.3. The van der Waals surface area contributed by atoms with Crippen LogP contribution in [-0.4, -0.2) is 37.8 Å². The first kappa shape index (κ1) is 10.9. The molecule has 78 valence electrons. The lowest BCUT2D eigenvalue weighted by atomic mass is 10.5. The number of hydrogen-bond donors (Lipinski definition) is 1. The Balaban J connectivity index is 3.20. The number of anilines is 1. The highest BCUT2D eigenvalue weighted by Crippen LogP contribution is 2.23. The molecule has 1 N–H and O–H groups in total. The molecule has 0 saturated heterocycles. The van der Waals surface area contributed by atoms with Crippen molar-refractivity contribution in [1.82, 2.24) is 4.98 Å². The van der Waals surface area contributed by atoms with Crippen molar-refractivity contribution in [3.8, 4) is 0 Å². The number of carbonyl (C=O) groups is 1. The Morgan fingerprint density at radius 3 is 2.64 bits per heavy atom. The molecule has 0 atom stereocenters. The van der Waals surface area contributed by atoms with Gasteiger partial charge < -0.3 is 5.11 Å². The molecule has 0 unspecified atom stereocenters. The molecule has 0 radical (unpaired) electrons. The second-order valence-electron chi connectivity index (χ2n) is 2.54. The summed E-state index contributed by atoms with van der Waals surface area (Å²) in [5.74, 6) is -1.23. The van der Waals surface area contributed by atoms with Crippen LogP contribution in [0.15, 0.2) is 5.51 Å². The Morgan fingerprint density at radius 1 is 1.64 bits per heavy atom. The Hall–Kier alpha value is -1.15. The van der Waals surface area contributed by atoms with E-state index in [2.05, 4.69) is 4.98 Å². The van der Waals surface area contributed by atoms with Gasteiger partial charge in [-0.1, -0.05) is 0 Å². The third-order valence-electron chi connectivity index (χ3n) is 1.54. The third-order valence-corrected chi connectivity index (χ3v) is 3.51. The van der Waals surface area contributed by atoms with Gasteiger partial charge in [-0.15, -0.1) is 11.3 Å². The van der Waals surface area contributed by atoms with E-state index in [1.807, 2.05) is 0 Å². The van der Waals surface area contributed by atoms with Gasteiger partial charge in [0.05, 0.1) is 11.8 Å². The maximum Gasteiger partial charge on any atom is 0.349 e. The molecule has 1 aromatic heterocycles. The van der Waals surface area contributed by atoms with Crippen LogP contribution < -0.4 is 4.31 Å². The number of rotatable bonds is 3. The fourth-order valence-electron chi connectivity index (χ4n) is 0.768. The van der Waals surface area contributed by atoms with Crippen molar-refractivity contribution in [3.63, 3.8) is 0 Å². The second-order valence-corrected chi connectivity index (χ2v) is 5.41. The van der Waals surface area contributed by atoms with Crippen molar-refractivity contribution in [1.29, 1.82) is 0 Å². The molecule has 0 aromatic carbocycles. The van der Waals surface area contributed by atoms with Crippen LogP contribution in [0.1, 0.15) is 9.67 Å². The van der Waals surface area contributed by atoms with Gasteiger partial charge in [0, 0.05) is 7.05 Å². The SMILES string of the molecule is CN(c1ncsc1C(=O)O)S(C)(=O)=O. The minimum absolute atomic E-state index is 0.0509. The summed E-state index contributed by atoms with van der Waals surface area (Å²) >= 11 is 0.885. The molecule has 1 rings (SSSR count). The van der Waals surface area contributed by atoms with E-state index in [9.17, 15) is 13.2 Å². The molecule has 0 fully saturated rings. The zero-order valence-electron chi connectivity index (χ0n) is 7.46. The van der Waals surface area contributed by atoms with Crippen LogP contribution in [0, 0.1) is 0 Å². The molecule has 0 spiro atoms. The van der Waals surface area contributed by atoms with Gasteiger partial charge in [0.1, 0.15) is 0 Å². The standard InChI is InChI=1S/C6H8N2O4S2/c1-8(14(2,11)12)5-4(6(9)10)13-3-7-5/h3H,1-2H3,(H,9,10). The largest absolute Gasteiger partial charge is 0.477 e. The molecule has 1 heterocycles. The van der Waals surface area contributed by atoms with Crippen molar-refractivity contribution < 1.29 is 18.3 Å². The average molecular weight is 236 g/mol. The summed E-state index contributed by atoms with van der Waals surface area (Å²) in [6.07, 6.45) is 0.984. The quantitative estimate of drug-likeness (QED) is 0.812. The summed E-state index contributed by atoms with van der Waals surface area (Å²) in [7, 11) is -2.21. The number of aromatic nitrogens is 1. The smallest absolute Gasteiger partial charge is 0.349 e. The number of carboxylic acid groups (broad SMARTS) is 1. The summed E-state index contributed by atoms with van der Waals surface area (Å²) in [6.45, 7) is 0. The van der Waals surface area contributed by atoms with E-state index in [-0.39, 0.29) is 10.7 Å². The van der Waals surface area contributed by atoms with Crippen LogP contribution >= 0.6 is 11.3 Å². The summed E-state index contributed by atoms with van der Waals surface area (Å²) in [6, 6.07) is 0. The van der Waals surface area contributed by atoms with E-state index < -0.39 is 16.0 Å². The minimum atomic E-state index is -3.47. The Bertz CT molecular complexity index is 450. The molecule has 0 saturated carbocycles. The Morgan fingerprint density at radius 2 is 2.21 bits per heavy atom. The molecule has 0 aliphatic rings. The lowest BCUT2D eigenvalue weighted by Gasteiger charge is -2.13.